The van der Waals surface area contributed by atoms with E-state index in [4.69, 9.17) is 5.11 Å². The molecule has 9 heteroatoms. The fraction of sp³-hybridized carbons (Fsp3) is 0.333. The third-order valence-electron chi connectivity index (χ3n) is 2.37. The van der Waals surface area contributed by atoms with Gasteiger partial charge < -0.3 is 15.3 Å². The van der Waals surface area contributed by atoms with Gasteiger partial charge in [-0.2, -0.15) is 13.2 Å². The lowest BCUT2D eigenvalue weighted by molar-refractivity contribution is -0.148. The standard InChI is InChI=1S/C12H12F4N2O3/c13-9-4-2-1-3-8(9)5-17-11(21)18(6-10(19)20)7-12(14,15)16/h1-4H,5-7H2,(H,17,21)(H,19,20). The predicted molar refractivity (Wildman–Crippen MR) is 63.9 cm³/mol. The molecule has 0 aliphatic heterocycles. The molecule has 2 amide bonds. The highest BCUT2D eigenvalue weighted by Gasteiger charge is 2.33. The monoisotopic (exact) mass is 308 g/mol. The Labute approximate surface area is 117 Å². The van der Waals surface area contributed by atoms with Crippen molar-refractivity contribution in [3.63, 3.8) is 0 Å². The van der Waals surface area contributed by atoms with Crippen LogP contribution in [0.4, 0.5) is 22.4 Å². The van der Waals surface area contributed by atoms with Crippen molar-refractivity contribution in [3.8, 4) is 0 Å². The summed E-state index contributed by atoms with van der Waals surface area (Å²) in [4.78, 5) is 22.1. The second-order valence-corrected chi connectivity index (χ2v) is 4.12. The first kappa shape index (κ1) is 16.7. The summed E-state index contributed by atoms with van der Waals surface area (Å²) in [5.41, 5.74) is 0.0770. The summed E-state index contributed by atoms with van der Waals surface area (Å²) in [6.45, 7) is -3.16. The van der Waals surface area contributed by atoms with Crippen LogP contribution in [0, 0.1) is 5.82 Å². The maximum absolute atomic E-state index is 13.3. The molecule has 0 aliphatic rings. The van der Waals surface area contributed by atoms with Gasteiger partial charge >= 0.3 is 18.2 Å². The average Bonchev–Trinajstić information content (AvgIpc) is 2.34. The Hall–Kier alpha value is -2.32. The van der Waals surface area contributed by atoms with Crippen LogP contribution in [0.3, 0.4) is 0 Å². The van der Waals surface area contributed by atoms with E-state index in [1.54, 1.807) is 0 Å². The number of nitrogens with zero attached hydrogens (tertiary/aromatic N) is 1. The molecule has 0 fully saturated rings. The van der Waals surface area contributed by atoms with Crippen molar-refractivity contribution < 1.29 is 32.3 Å². The second kappa shape index (κ2) is 6.91. The van der Waals surface area contributed by atoms with Crippen molar-refractivity contribution in [2.24, 2.45) is 0 Å². The van der Waals surface area contributed by atoms with Gasteiger partial charge in [-0.3, -0.25) is 4.79 Å². The van der Waals surface area contributed by atoms with Gasteiger partial charge in [0.25, 0.3) is 0 Å². The van der Waals surface area contributed by atoms with Gasteiger partial charge in [0.2, 0.25) is 0 Å². The van der Waals surface area contributed by atoms with Crippen molar-refractivity contribution in [2.75, 3.05) is 13.1 Å². The lowest BCUT2D eigenvalue weighted by atomic mass is 10.2. The minimum Gasteiger partial charge on any atom is -0.480 e. The molecular weight excluding hydrogens is 296 g/mol. The van der Waals surface area contributed by atoms with E-state index < -0.39 is 37.1 Å². The van der Waals surface area contributed by atoms with Crippen molar-refractivity contribution in [1.82, 2.24) is 10.2 Å². The Balaban J connectivity index is 2.68. The Kier molecular flexibility index (Phi) is 5.51. The largest absolute Gasteiger partial charge is 0.480 e. The number of hydrogen-bond donors (Lipinski definition) is 2. The van der Waals surface area contributed by atoms with Crippen molar-refractivity contribution >= 4 is 12.0 Å². The number of carbonyl (C=O) groups excluding carboxylic acids is 1. The van der Waals surface area contributed by atoms with E-state index in [1.165, 1.54) is 18.2 Å². The molecular formula is C12H12F4N2O3. The van der Waals surface area contributed by atoms with Crippen LogP contribution in [0.5, 0.6) is 0 Å². The van der Waals surface area contributed by atoms with Crippen LogP contribution in [0.15, 0.2) is 24.3 Å². The van der Waals surface area contributed by atoms with E-state index in [1.807, 2.05) is 0 Å². The van der Waals surface area contributed by atoms with Gasteiger partial charge in [0.15, 0.2) is 0 Å². The third-order valence-corrected chi connectivity index (χ3v) is 2.37. The Bertz CT molecular complexity index is 519. The molecule has 0 heterocycles. The number of hydrogen-bond acceptors (Lipinski definition) is 2. The van der Waals surface area contributed by atoms with E-state index in [9.17, 15) is 27.2 Å². The van der Waals surface area contributed by atoms with E-state index in [-0.39, 0.29) is 17.0 Å². The maximum atomic E-state index is 13.3. The normalized spacial score (nSPS) is 11.0. The predicted octanol–water partition coefficient (Wildman–Crippen LogP) is 1.98. The van der Waals surface area contributed by atoms with Crippen LogP contribution in [-0.2, 0) is 11.3 Å². The Morgan fingerprint density at radius 2 is 1.86 bits per heavy atom. The first-order valence-corrected chi connectivity index (χ1v) is 5.74. The van der Waals surface area contributed by atoms with Gasteiger partial charge in [0.1, 0.15) is 18.9 Å². The molecule has 0 radical (unpaired) electrons. The number of carboxylic acid groups (broad SMARTS) is 1. The highest BCUT2D eigenvalue weighted by atomic mass is 19.4. The summed E-state index contributed by atoms with van der Waals surface area (Å²) < 4.78 is 50.1. The summed E-state index contributed by atoms with van der Waals surface area (Å²) in [5, 5.41) is 10.6. The summed E-state index contributed by atoms with van der Waals surface area (Å²) in [6.07, 6.45) is -4.73. The molecule has 1 aromatic carbocycles. The quantitative estimate of drug-likeness (QED) is 0.817. The molecule has 21 heavy (non-hydrogen) atoms. The number of alkyl halides is 3. The highest BCUT2D eigenvalue weighted by Crippen LogP contribution is 2.16. The number of carbonyl (C=O) groups is 2. The lowest BCUT2D eigenvalue weighted by Crippen LogP contribution is -2.46. The Morgan fingerprint density at radius 3 is 2.38 bits per heavy atom. The first-order chi connectivity index (χ1) is 9.69. The third kappa shape index (κ3) is 6.11. The smallest absolute Gasteiger partial charge is 0.406 e. The van der Waals surface area contributed by atoms with E-state index in [0.717, 1.165) is 6.07 Å². The fourth-order valence-corrected chi connectivity index (χ4v) is 1.50. The zero-order valence-corrected chi connectivity index (χ0v) is 10.7. The number of benzene rings is 1. The topological polar surface area (TPSA) is 69.6 Å². The van der Waals surface area contributed by atoms with Gasteiger partial charge in [0, 0.05) is 12.1 Å². The average molecular weight is 308 g/mol. The summed E-state index contributed by atoms with van der Waals surface area (Å²) >= 11 is 0. The molecule has 2 N–H and O–H groups in total. The molecule has 0 atom stereocenters. The van der Waals surface area contributed by atoms with Crippen molar-refractivity contribution in [1.29, 1.82) is 0 Å². The van der Waals surface area contributed by atoms with E-state index in [0.29, 0.717) is 0 Å². The number of amides is 2. The molecule has 0 aliphatic carbocycles. The zero-order valence-electron chi connectivity index (χ0n) is 10.7. The van der Waals surface area contributed by atoms with Crippen LogP contribution >= 0.6 is 0 Å². The van der Waals surface area contributed by atoms with Crippen LogP contribution in [0.25, 0.3) is 0 Å². The molecule has 0 spiro atoms. The summed E-state index contributed by atoms with van der Waals surface area (Å²) in [7, 11) is 0. The molecule has 5 nitrogen and oxygen atoms in total. The number of halogens is 4. The number of aliphatic carboxylic acids is 1. The van der Waals surface area contributed by atoms with E-state index in [2.05, 4.69) is 5.32 Å². The highest BCUT2D eigenvalue weighted by molar-refractivity contribution is 5.80. The van der Waals surface area contributed by atoms with Crippen molar-refractivity contribution in [2.45, 2.75) is 12.7 Å². The minimum absolute atomic E-state index is 0.0770. The van der Waals surface area contributed by atoms with Crippen LogP contribution in [0.2, 0.25) is 0 Å². The van der Waals surface area contributed by atoms with Gasteiger partial charge in [-0.05, 0) is 6.07 Å². The Morgan fingerprint density at radius 1 is 1.24 bits per heavy atom. The molecule has 0 aromatic heterocycles. The second-order valence-electron chi connectivity index (χ2n) is 4.12. The number of nitrogens with one attached hydrogen (secondary N) is 1. The van der Waals surface area contributed by atoms with Gasteiger partial charge in [0.05, 0.1) is 0 Å². The maximum Gasteiger partial charge on any atom is 0.406 e. The van der Waals surface area contributed by atoms with Gasteiger partial charge in [-0.1, -0.05) is 18.2 Å². The molecule has 0 saturated carbocycles. The molecule has 1 rings (SSSR count). The van der Waals surface area contributed by atoms with Gasteiger partial charge in [-0.25, -0.2) is 9.18 Å². The number of urea groups is 1. The fourth-order valence-electron chi connectivity index (χ4n) is 1.50. The molecule has 1 aromatic rings. The lowest BCUT2D eigenvalue weighted by Gasteiger charge is -2.22. The molecule has 0 saturated heterocycles. The summed E-state index contributed by atoms with van der Waals surface area (Å²) in [5.74, 6) is -2.21. The summed E-state index contributed by atoms with van der Waals surface area (Å²) in [6, 6.07) is 4.15. The van der Waals surface area contributed by atoms with Crippen LogP contribution < -0.4 is 5.32 Å². The number of carboxylic acids is 1. The van der Waals surface area contributed by atoms with Crippen LogP contribution in [-0.4, -0.2) is 41.3 Å². The van der Waals surface area contributed by atoms with E-state index >= 15 is 0 Å². The SMILES string of the molecule is O=C(O)CN(CC(F)(F)F)C(=O)NCc1ccccc1F. The number of rotatable bonds is 5. The molecule has 116 valence electrons. The zero-order chi connectivity index (χ0) is 16.0. The van der Waals surface area contributed by atoms with Gasteiger partial charge in [-0.15, -0.1) is 0 Å². The molecule has 0 unspecified atom stereocenters. The van der Waals surface area contributed by atoms with Crippen molar-refractivity contribution in [3.05, 3.63) is 35.6 Å². The van der Waals surface area contributed by atoms with Crippen LogP contribution in [0.1, 0.15) is 5.56 Å². The molecule has 0 bridgehead atoms. The minimum atomic E-state index is -4.73. The first-order valence-electron chi connectivity index (χ1n) is 5.74.